The minimum atomic E-state index is -0.0978. The molecule has 1 heterocycles. The summed E-state index contributed by atoms with van der Waals surface area (Å²) in [6.45, 7) is 5.57. The number of piperidine rings is 1. The molecular formula is C16H23N3O2. The summed E-state index contributed by atoms with van der Waals surface area (Å²) in [5.74, 6) is -0.0244. The van der Waals surface area contributed by atoms with Gasteiger partial charge in [0.05, 0.1) is 5.92 Å². The first-order valence-corrected chi connectivity index (χ1v) is 7.49. The first-order chi connectivity index (χ1) is 10.1. The molecule has 114 valence electrons. The van der Waals surface area contributed by atoms with E-state index in [2.05, 4.69) is 16.0 Å². The number of hydrogen-bond acceptors (Lipinski definition) is 3. The van der Waals surface area contributed by atoms with Gasteiger partial charge in [-0.05, 0) is 57.5 Å². The highest BCUT2D eigenvalue weighted by Crippen LogP contribution is 2.15. The summed E-state index contributed by atoms with van der Waals surface area (Å²) in [4.78, 5) is 23.9. The van der Waals surface area contributed by atoms with Gasteiger partial charge in [-0.1, -0.05) is 0 Å². The minimum Gasteiger partial charge on any atom is -0.350 e. The number of benzene rings is 1. The molecule has 0 unspecified atom stereocenters. The average molecular weight is 289 g/mol. The van der Waals surface area contributed by atoms with Crippen LogP contribution in [-0.4, -0.2) is 30.9 Å². The average Bonchev–Trinajstić information content (AvgIpc) is 2.48. The Kier molecular flexibility index (Phi) is 5.33. The Morgan fingerprint density at radius 1 is 1.24 bits per heavy atom. The van der Waals surface area contributed by atoms with E-state index in [0.717, 1.165) is 31.6 Å². The molecule has 21 heavy (non-hydrogen) atoms. The zero-order valence-corrected chi connectivity index (χ0v) is 12.6. The van der Waals surface area contributed by atoms with Crippen molar-refractivity contribution < 1.29 is 9.59 Å². The van der Waals surface area contributed by atoms with Crippen LogP contribution in [0.3, 0.4) is 0 Å². The van der Waals surface area contributed by atoms with E-state index in [0.29, 0.717) is 5.56 Å². The van der Waals surface area contributed by atoms with Gasteiger partial charge < -0.3 is 16.0 Å². The van der Waals surface area contributed by atoms with E-state index >= 15 is 0 Å². The molecule has 0 saturated carbocycles. The summed E-state index contributed by atoms with van der Waals surface area (Å²) in [7, 11) is 0. The maximum absolute atomic E-state index is 12.1. The van der Waals surface area contributed by atoms with Crippen molar-refractivity contribution in [1.29, 1.82) is 0 Å². The molecule has 0 radical (unpaired) electrons. The van der Waals surface area contributed by atoms with Crippen molar-refractivity contribution in [2.45, 2.75) is 32.7 Å². The molecule has 3 N–H and O–H groups in total. The van der Waals surface area contributed by atoms with Crippen LogP contribution in [0.5, 0.6) is 0 Å². The molecule has 1 aliphatic heterocycles. The van der Waals surface area contributed by atoms with E-state index in [-0.39, 0.29) is 23.8 Å². The highest BCUT2D eigenvalue weighted by Gasteiger charge is 2.20. The lowest BCUT2D eigenvalue weighted by Crippen LogP contribution is -2.37. The molecule has 5 nitrogen and oxygen atoms in total. The summed E-state index contributed by atoms with van der Waals surface area (Å²) in [6.07, 6.45) is 1.96. The van der Waals surface area contributed by atoms with Crippen molar-refractivity contribution in [2.24, 2.45) is 5.92 Å². The number of carbonyl (C=O) groups excluding carboxylic acids is 2. The fourth-order valence-corrected chi connectivity index (χ4v) is 2.37. The van der Waals surface area contributed by atoms with Crippen LogP contribution < -0.4 is 16.0 Å². The van der Waals surface area contributed by atoms with Crippen molar-refractivity contribution in [3.8, 4) is 0 Å². The summed E-state index contributed by atoms with van der Waals surface area (Å²) < 4.78 is 0. The molecule has 1 aliphatic rings. The van der Waals surface area contributed by atoms with Gasteiger partial charge in [-0.2, -0.15) is 0 Å². The highest BCUT2D eigenvalue weighted by molar-refractivity contribution is 5.96. The van der Waals surface area contributed by atoms with Crippen LogP contribution in [0.2, 0.25) is 0 Å². The van der Waals surface area contributed by atoms with Crippen LogP contribution in [0, 0.1) is 5.92 Å². The second-order valence-electron chi connectivity index (χ2n) is 5.74. The SMILES string of the molecule is CC(C)NC(=O)c1ccc(NC(=O)[C@H]2CCCNC2)cc1. The fraction of sp³-hybridized carbons (Fsp3) is 0.500. The molecule has 1 fully saturated rings. The second-order valence-corrected chi connectivity index (χ2v) is 5.74. The number of carbonyl (C=O) groups is 2. The topological polar surface area (TPSA) is 70.2 Å². The highest BCUT2D eigenvalue weighted by atomic mass is 16.2. The van der Waals surface area contributed by atoms with Crippen LogP contribution in [0.1, 0.15) is 37.0 Å². The van der Waals surface area contributed by atoms with Crippen LogP contribution in [0.25, 0.3) is 0 Å². The van der Waals surface area contributed by atoms with Crippen LogP contribution in [0.4, 0.5) is 5.69 Å². The first kappa shape index (κ1) is 15.5. The summed E-state index contributed by atoms with van der Waals surface area (Å²) in [6, 6.07) is 7.10. The third-order valence-electron chi connectivity index (χ3n) is 3.50. The largest absolute Gasteiger partial charge is 0.350 e. The van der Waals surface area contributed by atoms with Gasteiger partial charge in [-0.3, -0.25) is 9.59 Å². The van der Waals surface area contributed by atoms with E-state index in [1.54, 1.807) is 24.3 Å². The number of nitrogens with one attached hydrogen (secondary N) is 3. The predicted molar refractivity (Wildman–Crippen MR) is 83.3 cm³/mol. The summed E-state index contributed by atoms with van der Waals surface area (Å²) >= 11 is 0. The molecule has 5 heteroatoms. The van der Waals surface area contributed by atoms with Crippen molar-refractivity contribution in [2.75, 3.05) is 18.4 Å². The Hall–Kier alpha value is -1.88. The Balaban J connectivity index is 1.92. The minimum absolute atomic E-state index is 0.0302. The number of hydrogen-bond donors (Lipinski definition) is 3. The van der Waals surface area contributed by atoms with E-state index in [1.807, 2.05) is 13.8 Å². The van der Waals surface area contributed by atoms with Gasteiger partial charge >= 0.3 is 0 Å². The summed E-state index contributed by atoms with van der Waals surface area (Å²) in [5.41, 5.74) is 1.33. The molecule has 0 bridgehead atoms. The van der Waals surface area contributed by atoms with Gasteiger partial charge in [0, 0.05) is 23.8 Å². The van der Waals surface area contributed by atoms with E-state index in [9.17, 15) is 9.59 Å². The molecule has 1 atom stereocenters. The number of anilines is 1. The quantitative estimate of drug-likeness (QED) is 0.791. The maximum atomic E-state index is 12.1. The van der Waals surface area contributed by atoms with Crippen molar-refractivity contribution >= 4 is 17.5 Å². The van der Waals surface area contributed by atoms with Gasteiger partial charge in [0.15, 0.2) is 0 Å². The predicted octanol–water partition coefficient (Wildman–Crippen LogP) is 1.76. The molecular weight excluding hydrogens is 266 g/mol. The molecule has 1 saturated heterocycles. The zero-order valence-electron chi connectivity index (χ0n) is 12.6. The zero-order chi connectivity index (χ0) is 15.2. The molecule has 1 aromatic carbocycles. The van der Waals surface area contributed by atoms with Gasteiger partial charge in [-0.25, -0.2) is 0 Å². The number of amides is 2. The third kappa shape index (κ3) is 4.56. The summed E-state index contributed by atoms with van der Waals surface area (Å²) in [5, 5.41) is 8.97. The second kappa shape index (κ2) is 7.22. The van der Waals surface area contributed by atoms with Gasteiger partial charge in [0.1, 0.15) is 0 Å². The third-order valence-corrected chi connectivity index (χ3v) is 3.50. The van der Waals surface area contributed by atoms with E-state index < -0.39 is 0 Å². The van der Waals surface area contributed by atoms with Crippen LogP contribution in [-0.2, 0) is 4.79 Å². The molecule has 1 aromatic rings. The lowest BCUT2D eigenvalue weighted by Gasteiger charge is -2.21. The standard InChI is InChI=1S/C16H23N3O2/c1-11(2)18-15(20)12-5-7-14(8-6-12)19-16(21)13-4-3-9-17-10-13/h5-8,11,13,17H,3-4,9-10H2,1-2H3,(H,18,20)(H,19,21)/t13-/m0/s1. The van der Waals surface area contributed by atoms with E-state index in [4.69, 9.17) is 0 Å². The van der Waals surface area contributed by atoms with Crippen LogP contribution >= 0.6 is 0 Å². The lowest BCUT2D eigenvalue weighted by atomic mass is 9.99. The van der Waals surface area contributed by atoms with Gasteiger partial charge in [0.25, 0.3) is 5.91 Å². The van der Waals surface area contributed by atoms with Crippen molar-refractivity contribution in [3.05, 3.63) is 29.8 Å². The Labute approximate surface area is 125 Å². The maximum Gasteiger partial charge on any atom is 0.251 e. The molecule has 0 spiro atoms. The first-order valence-electron chi connectivity index (χ1n) is 7.49. The monoisotopic (exact) mass is 289 g/mol. The molecule has 0 aliphatic carbocycles. The van der Waals surface area contributed by atoms with E-state index in [1.165, 1.54) is 0 Å². The molecule has 2 amide bonds. The normalized spacial score (nSPS) is 18.3. The Morgan fingerprint density at radius 3 is 2.52 bits per heavy atom. The van der Waals surface area contributed by atoms with Crippen molar-refractivity contribution in [3.63, 3.8) is 0 Å². The fourth-order valence-electron chi connectivity index (χ4n) is 2.37. The van der Waals surface area contributed by atoms with Gasteiger partial charge in [-0.15, -0.1) is 0 Å². The molecule has 2 rings (SSSR count). The molecule has 0 aromatic heterocycles. The Morgan fingerprint density at radius 2 is 1.95 bits per heavy atom. The lowest BCUT2D eigenvalue weighted by molar-refractivity contribution is -0.120. The van der Waals surface area contributed by atoms with Gasteiger partial charge in [0.2, 0.25) is 5.91 Å². The number of rotatable bonds is 4. The smallest absolute Gasteiger partial charge is 0.251 e. The van der Waals surface area contributed by atoms with Crippen molar-refractivity contribution in [1.82, 2.24) is 10.6 Å². The Bertz CT molecular complexity index is 491. The van der Waals surface area contributed by atoms with Crippen LogP contribution in [0.15, 0.2) is 24.3 Å².